The van der Waals surface area contributed by atoms with E-state index in [1.807, 2.05) is 53.4 Å². The number of methoxy groups -OCH3 is 1. The van der Waals surface area contributed by atoms with E-state index < -0.39 is 0 Å². The maximum atomic E-state index is 13.0. The van der Waals surface area contributed by atoms with Gasteiger partial charge in [0.25, 0.3) is 5.91 Å². The van der Waals surface area contributed by atoms with Gasteiger partial charge in [-0.3, -0.25) is 9.59 Å². The molecule has 2 amide bonds. The first-order chi connectivity index (χ1) is 15.5. The smallest absolute Gasteiger partial charge is 0.257 e. The molecule has 7 nitrogen and oxygen atoms in total. The van der Waals surface area contributed by atoms with Crippen molar-refractivity contribution in [2.75, 3.05) is 42.3 Å². The summed E-state index contributed by atoms with van der Waals surface area (Å²) in [5.41, 5.74) is 3.35. The van der Waals surface area contributed by atoms with Crippen LogP contribution in [0.4, 0.5) is 22.7 Å². The summed E-state index contributed by atoms with van der Waals surface area (Å²) in [4.78, 5) is 26.6. The highest BCUT2D eigenvalue weighted by Gasteiger charge is 2.19. The monoisotopic (exact) mass is 450 g/mol. The van der Waals surface area contributed by atoms with Crippen molar-refractivity contribution in [3.63, 3.8) is 0 Å². The van der Waals surface area contributed by atoms with Crippen LogP contribution < -0.4 is 25.6 Å². The zero-order valence-corrected chi connectivity index (χ0v) is 18.3. The van der Waals surface area contributed by atoms with Gasteiger partial charge in [-0.05, 0) is 54.6 Å². The first-order valence-electron chi connectivity index (χ1n) is 10.2. The fourth-order valence-corrected chi connectivity index (χ4v) is 3.80. The van der Waals surface area contributed by atoms with E-state index in [2.05, 4.69) is 16.0 Å². The van der Waals surface area contributed by atoms with Gasteiger partial charge < -0.3 is 25.6 Å². The second-order valence-corrected chi connectivity index (χ2v) is 7.70. The fraction of sp³-hybridized carbons (Fsp3) is 0.167. The number of benzene rings is 3. The molecule has 8 heteroatoms. The highest BCUT2D eigenvalue weighted by molar-refractivity contribution is 6.33. The molecule has 1 aliphatic heterocycles. The van der Waals surface area contributed by atoms with E-state index in [0.717, 1.165) is 17.1 Å². The van der Waals surface area contributed by atoms with E-state index in [9.17, 15) is 9.59 Å². The van der Waals surface area contributed by atoms with Gasteiger partial charge in [-0.1, -0.05) is 23.7 Å². The molecule has 4 rings (SSSR count). The molecule has 1 saturated heterocycles. The maximum absolute atomic E-state index is 13.0. The Hall–Kier alpha value is -3.71. The third kappa shape index (κ3) is 4.95. The lowest BCUT2D eigenvalue weighted by molar-refractivity contribution is -0.120. The lowest BCUT2D eigenvalue weighted by atomic mass is 10.1. The van der Waals surface area contributed by atoms with Crippen molar-refractivity contribution < 1.29 is 14.3 Å². The molecule has 0 atom stereocenters. The molecule has 0 unspecified atom stereocenters. The maximum Gasteiger partial charge on any atom is 0.257 e. The average Bonchev–Trinajstić information content (AvgIpc) is 2.80. The molecule has 0 radical (unpaired) electrons. The van der Waals surface area contributed by atoms with Crippen LogP contribution >= 0.6 is 11.6 Å². The summed E-state index contributed by atoms with van der Waals surface area (Å²) in [7, 11) is 1.62. The number of ether oxygens (including phenoxy) is 1. The van der Waals surface area contributed by atoms with Crippen LogP contribution in [0.3, 0.4) is 0 Å². The van der Waals surface area contributed by atoms with E-state index >= 15 is 0 Å². The third-order valence-corrected chi connectivity index (χ3v) is 5.43. The molecular weight excluding hydrogens is 428 g/mol. The molecular formula is C24H23ClN4O3. The number of amides is 2. The minimum absolute atomic E-state index is 0.0364. The summed E-state index contributed by atoms with van der Waals surface area (Å²) in [6, 6.07) is 20.0. The summed E-state index contributed by atoms with van der Waals surface area (Å²) in [5, 5.41) is 9.44. The van der Waals surface area contributed by atoms with E-state index in [4.69, 9.17) is 16.3 Å². The Bertz CT molecular complexity index is 1130. The van der Waals surface area contributed by atoms with Gasteiger partial charge in [-0.25, -0.2) is 0 Å². The van der Waals surface area contributed by atoms with Crippen LogP contribution in [-0.4, -0.2) is 38.6 Å². The molecule has 0 aromatic heterocycles. The lowest BCUT2D eigenvalue weighted by Gasteiger charge is -2.29. The minimum Gasteiger partial charge on any atom is -0.497 e. The number of rotatable bonds is 6. The predicted octanol–water partition coefficient (Wildman–Crippen LogP) is 4.28. The molecule has 0 bridgehead atoms. The van der Waals surface area contributed by atoms with Crippen molar-refractivity contribution in [1.82, 2.24) is 5.32 Å². The molecule has 0 saturated carbocycles. The number of anilines is 4. The number of nitrogens with one attached hydrogen (secondary N) is 3. The molecule has 1 heterocycles. The fourth-order valence-electron chi connectivity index (χ4n) is 3.50. The predicted molar refractivity (Wildman–Crippen MR) is 127 cm³/mol. The Morgan fingerprint density at radius 1 is 1.06 bits per heavy atom. The largest absolute Gasteiger partial charge is 0.497 e. The topological polar surface area (TPSA) is 82.7 Å². The van der Waals surface area contributed by atoms with Gasteiger partial charge in [0.1, 0.15) is 5.75 Å². The van der Waals surface area contributed by atoms with Crippen molar-refractivity contribution >= 4 is 46.2 Å². The molecule has 32 heavy (non-hydrogen) atoms. The summed E-state index contributed by atoms with van der Waals surface area (Å²) in [6.45, 7) is 1.52. The van der Waals surface area contributed by atoms with Crippen LogP contribution in [0.15, 0.2) is 66.7 Å². The van der Waals surface area contributed by atoms with E-state index in [0.29, 0.717) is 35.1 Å². The van der Waals surface area contributed by atoms with Gasteiger partial charge in [0.2, 0.25) is 5.91 Å². The van der Waals surface area contributed by atoms with Gasteiger partial charge in [-0.2, -0.15) is 0 Å². The number of hydrogen-bond acceptors (Lipinski definition) is 5. The zero-order chi connectivity index (χ0) is 22.5. The minimum atomic E-state index is -0.261. The Morgan fingerprint density at radius 2 is 1.81 bits per heavy atom. The Labute approximate surface area is 191 Å². The van der Waals surface area contributed by atoms with E-state index in [-0.39, 0.29) is 18.4 Å². The SMILES string of the molecule is COc1ccc(Nc2ccccc2C(=O)Nc2ccc(N3CCNC(=O)C3)c(Cl)c2)cc1. The molecule has 0 aliphatic carbocycles. The van der Waals surface area contributed by atoms with Crippen molar-refractivity contribution in [3.05, 3.63) is 77.3 Å². The van der Waals surface area contributed by atoms with E-state index in [1.165, 1.54) is 0 Å². The number of hydrogen-bond donors (Lipinski definition) is 3. The summed E-state index contributed by atoms with van der Waals surface area (Å²) in [5.74, 6) is 0.459. The van der Waals surface area contributed by atoms with Crippen molar-refractivity contribution in [3.8, 4) is 5.75 Å². The summed E-state index contributed by atoms with van der Waals surface area (Å²) >= 11 is 6.46. The van der Waals surface area contributed by atoms with Crippen LogP contribution in [0, 0.1) is 0 Å². The van der Waals surface area contributed by atoms with Crippen LogP contribution in [0.2, 0.25) is 5.02 Å². The molecule has 3 aromatic rings. The second-order valence-electron chi connectivity index (χ2n) is 7.29. The Kier molecular flexibility index (Phi) is 6.47. The van der Waals surface area contributed by atoms with Crippen LogP contribution in [0.1, 0.15) is 10.4 Å². The molecule has 3 aromatic carbocycles. The number of nitrogens with zero attached hydrogens (tertiary/aromatic N) is 1. The number of para-hydroxylation sites is 1. The standard InChI is InChI=1S/C24H23ClN4O3/c1-32-18-9-6-16(7-10-18)27-21-5-3-2-4-19(21)24(31)28-17-8-11-22(20(25)14-17)29-13-12-26-23(30)15-29/h2-11,14,27H,12-13,15H2,1H3,(H,26,30)(H,28,31). The second kappa shape index (κ2) is 9.62. The van der Waals surface area contributed by atoms with Gasteiger partial charge in [0.05, 0.1) is 35.6 Å². The summed E-state index contributed by atoms with van der Waals surface area (Å²) < 4.78 is 5.18. The van der Waals surface area contributed by atoms with Gasteiger partial charge in [0.15, 0.2) is 0 Å². The number of piperazine rings is 1. The average molecular weight is 451 g/mol. The zero-order valence-electron chi connectivity index (χ0n) is 17.5. The van der Waals surface area contributed by atoms with Crippen molar-refractivity contribution in [2.45, 2.75) is 0 Å². The quantitative estimate of drug-likeness (QED) is 0.522. The first-order valence-corrected chi connectivity index (χ1v) is 10.5. The van der Waals surface area contributed by atoms with Gasteiger partial charge in [0, 0.05) is 24.5 Å². The molecule has 3 N–H and O–H groups in total. The highest BCUT2D eigenvalue weighted by atomic mass is 35.5. The highest BCUT2D eigenvalue weighted by Crippen LogP contribution is 2.30. The van der Waals surface area contributed by atoms with Crippen LogP contribution in [0.5, 0.6) is 5.75 Å². The van der Waals surface area contributed by atoms with Crippen LogP contribution in [-0.2, 0) is 4.79 Å². The van der Waals surface area contributed by atoms with Crippen molar-refractivity contribution in [2.24, 2.45) is 0 Å². The molecule has 164 valence electrons. The van der Waals surface area contributed by atoms with Gasteiger partial charge >= 0.3 is 0 Å². The summed E-state index contributed by atoms with van der Waals surface area (Å²) in [6.07, 6.45) is 0. The lowest BCUT2D eigenvalue weighted by Crippen LogP contribution is -2.47. The van der Waals surface area contributed by atoms with Crippen LogP contribution in [0.25, 0.3) is 0 Å². The third-order valence-electron chi connectivity index (χ3n) is 5.13. The normalized spacial score (nSPS) is 13.3. The molecule has 0 spiro atoms. The Morgan fingerprint density at radius 3 is 2.53 bits per heavy atom. The number of carbonyl (C=O) groups is 2. The van der Waals surface area contributed by atoms with E-state index in [1.54, 1.807) is 25.3 Å². The van der Waals surface area contributed by atoms with Crippen molar-refractivity contribution in [1.29, 1.82) is 0 Å². The number of halogens is 1. The molecule has 1 fully saturated rings. The number of carbonyl (C=O) groups excluding carboxylic acids is 2. The molecule has 1 aliphatic rings. The van der Waals surface area contributed by atoms with Gasteiger partial charge in [-0.15, -0.1) is 0 Å². The first kappa shape index (κ1) is 21.5. The Balaban J connectivity index is 1.49.